The zero-order chi connectivity index (χ0) is 29.1. The molecule has 0 saturated carbocycles. The first-order valence-electron chi connectivity index (χ1n) is 14.3. The van der Waals surface area contributed by atoms with E-state index >= 15 is 0 Å². The van der Waals surface area contributed by atoms with Crippen molar-refractivity contribution < 1.29 is 28.5 Å². The van der Waals surface area contributed by atoms with Gasteiger partial charge >= 0.3 is 16.1 Å². The molecule has 3 aliphatic rings. The van der Waals surface area contributed by atoms with Gasteiger partial charge in [-0.1, -0.05) is 0 Å². The SMILES string of the molecule is BOC(=O)CCCC(=O)NC12CNCCNCC(NC(=O)CCCC(=O)OB)(CNCCNC1)CNCCNC2. The molecule has 2 amide bonds. The fourth-order valence-electron chi connectivity index (χ4n) is 4.84. The van der Waals surface area contributed by atoms with Crippen LogP contribution >= 0.6 is 0 Å². The van der Waals surface area contributed by atoms with Gasteiger partial charge in [-0.2, -0.15) is 0 Å². The van der Waals surface area contributed by atoms with Crippen LogP contribution in [-0.4, -0.2) is 129 Å². The van der Waals surface area contributed by atoms with Crippen LogP contribution in [0.15, 0.2) is 0 Å². The van der Waals surface area contributed by atoms with E-state index < -0.39 is 11.1 Å². The second-order valence-corrected chi connectivity index (χ2v) is 10.6. The summed E-state index contributed by atoms with van der Waals surface area (Å²) in [6.45, 7) is 7.36. The quantitative estimate of drug-likeness (QED) is 0.118. The fourth-order valence-corrected chi connectivity index (χ4v) is 4.84. The highest BCUT2D eigenvalue weighted by Gasteiger charge is 2.33. The molecule has 3 saturated heterocycles. The Labute approximate surface area is 239 Å². The monoisotopic (exact) mass is 566 g/mol. The average Bonchev–Trinajstić information content (AvgIpc) is 2.93. The van der Waals surface area contributed by atoms with E-state index in [0.717, 1.165) is 0 Å². The van der Waals surface area contributed by atoms with Gasteiger partial charge in [0.1, 0.15) is 0 Å². The number of nitrogens with one attached hydrogen (secondary N) is 8. The molecule has 3 rings (SSSR count). The van der Waals surface area contributed by atoms with Crippen molar-refractivity contribution in [2.24, 2.45) is 0 Å². The standard InChI is InChI=1S/C24H48B2N8O6/c25-39-21(37)5-1-3-19(35)33-23-13-27-7-10-30-16-24(17-31-11-8-28-14-23,18-32-12-9-29-15-23)34-20(36)4-2-6-22(38)40-26/h27-32H,1-18,25-26H2,(H,33,35)(H,34,36). The number of amides is 2. The molecule has 2 bridgehead atoms. The lowest BCUT2D eigenvalue weighted by atomic mass is 9.96. The second kappa shape index (κ2) is 19.0. The topological polar surface area (TPSA) is 183 Å². The number of rotatable bonds is 10. The smallest absolute Gasteiger partial charge is 0.325 e. The van der Waals surface area contributed by atoms with Gasteiger partial charge in [0.05, 0.1) is 11.1 Å². The summed E-state index contributed by atoms with van der Waals surface area (Å²) in [5.41, 5.74) is -1.11. The molecule has 3 fully saturated rings. The Bertz CT molecular complexity index is 702. The van der Waals surface area contributed by atoms with Crippen molar-refractivity contribution in [1.82, 2.24) is 42.5 Å². The Hall–Kier alpha value is -2.23. The maximum Gasteiger partial charge on any atom is 0.325 e. The van der Waals surface area contributed by atoms with E-state index in [-0.39, 0.29) is 49.4 Å². The Balaban J connectivity index is 2.06. The summed E-state index contributed by atoms with van der Waals surface area (Å²) in [5.74, 6) is -0.834. The van der Waals surface area contributed by atoms with Crippen LogP contribution in [0, 0.1) is 0 Å². The van der Waals surface area contributed by atoms with Crippen molar-refractivity contribution in [3.63, 3.8) is 0 Å². The molecule has 0 atom stereocenters. The van der Waals surface area contributed by atoms with Crippen LogP contribution < -0.4 is 42.5 Å². The van der Waals surface area contributed by atoms with E-state index in [4.69, 9.17) is 0 Å². The van der Waals surface area contributed by atoms with Gasteiger partial charge in [-0.25, -0.2) is 0 Å². The van der Waals surface area contributed by atoms with E-state index in [2.05, 4.69) is 51.8 Å². The Morgan fingerprint density at radius 3 is 1.05 bits per heavy atom. The third kappa shape index (κ3) is 13.4. The lowest BCUT2D eigenvalue weighted by molar-refractivity contribution is -0.135. The third-order valence-corrected chi connectivity index (χ3v) is 7.05. The third-order valence-electron chi connectivity index (χ3n) is 7.05. The van der Waals surface area contributed by atoms with Crippen LogP contribution in [0.1, 0.15) is 38.5 Å². The van der Waals surface area contributed by atoms with E-state index in [1.807, 2.05) is 0 Å². The van der Waals surface area contributed by atoms with Crippen LogP contribution in [0.4, 0.5) is 0 Å². The van der Waals surface area contributed by atoms with Gasteiger partial charge in [-0.3, -0.25) is 19.2 Å². The van der Waals surface area contributed by atoms with Crippen molar-refractivity contribution in [3.8, 4) is 0 Å². The molecule has 40 heavy (non-hydrogen) atoms. The van der Waals surface area contributed by atoms with Crippen molar-refractivity contribution >= 4 is 39.9 Å². The Morgan fingerprint density at radius 1 is 0.525 bits per heavy atom. The summed E-state index contributed by atoms with van der Waals surface area (Å²) in [6.07, 6.45) is 1.79. The molecule has 0 spiro atoms. The van der Waals surface area contributed by atoms with Crippen LogP contribution in [0.2, 0.25) is 0 Å². The molecule has 0 aromatic carbocycles. The molecule has 0 aliphatic carbocycles. The molecule has 16 heteroatoms. The molecule has 3 heterocycles. The second-order valence-electron chi connectivity index (χ2n) is 10.6. The number of carbonyl (C=O) groups is 4. The molecule has 0 unspecified atom stereocenters. The van der Waals surface area contributed by atoms with Crippen LogP contribution in [0.3, 0.4) is 0 Å². The minimum Gasteiger partial charge on any atom is -0.543 e. The summed E-state index contributed by atoms with van der Waals surface area (Å²) >= 11 is 0. The molecule has 8 N–H and O–H groups in total. The maximum absolute atomic E-state index is 12.9. The largest absolute Gasteiger partial charge is 0.543 e. The maximum atomic E-state index is 12.9. The first kappa shape index (κ1) is 34.0. The highest BCUT2D eigenvalue weighted by atomic mass is 16.5. The van der Waals surface area contributed by atoms with E-state index in [1.54, 1.807) is 0 Å². The molecular weight excluding hydrogens is 518 g/mol. The highest BCUT2D eigenvalue weighted by molar-refractivity contribution is 6.05. The van der Waals surface area contributed by atoms with E-state index in [0.29, 0.717) is 91.4 Å². The van der Waals surface area contributed by atoms with Crippen molar-refractivity contribution in [2.75, 3.05) is 78.5 Å². The molecule has 0 aromatic rings. The van der Waals surface area contributed by atoms with Gasteiger partial charge in [0, 0.05) is 104 Å². The predicted octanol–water partition coefficient (Wildman–Crippen LogP) is -5.22. The summed E-state index contributed by atoms with van der Waals surface area (Å²) in [5, 5.41) is 27.4. The molecule has 0 radical (unpaired) electrons. The first-order chi connectivity index (χ1) is 19.3. The summed E-state index contributed by atoms with van der Waals surface area (Å²) in [7, 11) is 2.69. The Kier molecular flexibility index (Phi) is 16.1. The van der Waals surface area contributed by atoms with Crippen molar-refractivity contribution in [1.29, 1.82) is 0 Å². The van der Waals surface area contributed by atoms with E-state index in [9.17, 15) is 19.2 Å². The van der Waals surface area contributed by atoms with Gasteiger partial charge in [-0.05, 0) is 12.8 Å². The molecular formula is C24H48B2N8O6. The summed E-state index contributed by atoms with van der Waals surface area (Å²) in [6, 6.07) is 0. The average molecular weight is 566 g/mol. The number of fused-ring (bicyclic) bond motifs is 15. The van der Waals surface area contributed by atoms with Crippen molar-refractivity contribution in [3.05, 3.63) is 0 Å². The van der Waals surface area contributed by atoms with Gasteiger partial charge in [0.15, 0.2) is 0 Å². The van der Waals surface area contributed by atoms with Crippen molar-refractivity contribution in [2.45, 2.75) is 49.6 Å². The molecule has 3 aliphatic heterocycles. The van der Waals surface area contributed by atoms with Crippen LogP contribution in [0.5, 0.6) is 0 Å². The predicted molar refractivity (Wildman–Crippen MR) is 156 cm³/mol. The number of carbonyl (C=O) groups excluding carboxylic acids is 4. The fraction of sp³-hybridized carbons (Fsp3) is 0.833. The first-order valence-corrected chi connectivity index (χ1v) is 14.3. The molecule has 0 aromatic heterocycles. The normalized spacial score (nSPS) is 25.1. The van der Waals surface area contributed by atoms with Crippen LogP contribution in [-0.2, 0) is 28.5 Å². The summed E-state index contributed by atoms with van der Waals surface area (Å²) in [4.78, 5) is 48.6. The van der Waals surface area contributed by atoms with Gasteiger partial charge < -0.3 is 51.8 Å². The van der Waals surface area contributed by atoms with E-state index in [1.165, 1.54) is 16.1 Å². The minimum absolute atomic E-state index is 0.0991. The van der Waals surface area contributed by atoms with Crippen LogP contribution in [0.25, 0.3) is 0 Å². The lowest BCUT2D eigenvalue weighted by Crippen LogP contribution is -2.68. The minimum atomic E-state index is -0.557. The number of hydrogen-bond donors (Lipinski definition) is 8. The van der Waals surface area contributed by atoms with Gasteiger partial charge in [0.25, 0.3) is 11.9 Å². The number of hydrogen-bond acceptors (Lipinski definition) is 12. The van der Waals surface area contributed by atoms with Gasteiger partial charge in [0.2, 0.25) is 11.8 Å². The highest BCUT2D eigenvalue weighted by Crippen LogP contribution is 2.08. The zero-order valence-electron chi connectivity index (χ0n) is 24.2. The lowest BCUT2D eigenvalue weighted by Gasteiger charge is -2.39. The zero-order valence-corrected chi connectivity index (χ0v) is 24.2. The molecule has 226 valence electrons. The van der Waals surface area contributed by atoms with Gasteiger partial charge in [-0.15, -0.1) is 0 Å². The molecule has 14 nitrogen and oxygen atoms in total. The Morgan fingerprint density at radius 2 is 0.800 bits per heavy atom. The summed E-state index contributed by atoms with van der Waals surface area (Å²) < 4.78 is 9.35.